The maximum atomic E-state index is 12.0. The lowest BCUT2D eigenvalue weighted by Gasteiger charge is -2.46. The van der Waals surface area contributed by atoms with Crippen LogP contribution >= 0.6 is 0 Å². The first kappa shape index (κ1) is 14.0. The third-order valence-electron chi connectivity index (χ3n) is 4.53. The smallest absolute Gasteiger partial charge is 0.320 e. The highest BCUT2D eigenvalue weighted by Crippen LogP contribution is 2.52. The molecule has 0 N–H and O–H groups in total. The molecular weight excluding hydrogens is 248 g/mol. The van der Waals surface area contributed by atoms with Crippen LogP contribution in [0.4, 0.5) is 0 Å². The highest BCUT2D eigenvalue weighted by atomic mass is 16.5. The van der Waals surface area contributed by atoms with E-state index in [1.165, 1.54) is 14.2 Å². The number of ether oxygens (including phenoxy) is 2. The fourth-order valence-electron chi connectivity index (χ4n) is 3.84. The Balaban J connectivity index is 2.34. The fourth-order valence-corrected chi connectivity index (χ4v) is 3.84. The number of fused-ring (bicyclic) bond motifs is 2. The zero-order chi connectivity index (χ0) is 14.0. The minimum absolute atomic E-state index is 0.147. The Bertz CT molecular complexity index is 387. The van der Waals surface area contributed by atoms with Gasteiger partial charge >= 0.3 is 11.9 Å². The van der Waals surface area contributed by atoms with E-state index in [1.807, 2.05) is 0 Å². The van der Waals surface area contributed by atoms with Gasteiger partial charge in [0.2, 0.25) is 0 Å². The molecule has 2 fully saturated rings. The summed E-state index contributed by atoms with van der Waals surface area (Å²) in [6.45, 7) is 0. The quantitative estimate of drug-likeness (QED) is 0.573. The summed E-state index contributed by atoms with van der Waals surface area (Å²) in [5.41, 5.74) is -0.585. The lowest BCUT2D eigenvalue weighted by atomic mass is 9.56. The molecule has 0 aliphatic heterocycles. The summed E-state index contributed by atoms with van der Waals surface area (Å²) < 4.78 is 9.52. The summed E-state index contributed by atoms with van der Waals surface area (Å²) in [6.07, 6.45) is 4.28. The Morgan fingerprint density at radius 3 is 2.47 bits per heavy atom. The first-order valence-electron chi connectivity index (χ1n) is 6.70. The topological polar surface area (TPSA) is 69.7 Å². The molecule has 0 radical (unpaired) electrons. The minimum Gasteiger partial charge on any atom is -0.468 e. The molecule has 0 aromatic heterocycles. The van der Waals surface area contributed by atoms with E-state index in [1.54, 1.807) is 0 Å². The van der Waals surface area contributed by atoms with E-state index in [-0.39, 0.29) is 5.78 Å². The number of methoxy groups -OCH3 is 2. The number of carbonyl (C=O) groups is 3. The van der Waals surface area contributed by atoms with Gasteiger partial charge in [0.1, 0.15) is 5.78 Å². The molecule has 2 unspecified atom stereocenters. The largest absolute Gasteiger partial charge is 0.468 e. The maximum absolute atomic E-state index is 12.0. The van der Waals surface area contributed by atoms with E-state index in [9.17, 15) is 14.4 Å². The first-order valence-corrected chi connectivity index (χ1v) is 6.70. The number of Topliss-reactive ketones (excluding diaryl/α,β-unsaturated/α-hetero) is 1. The normalized spacial score (nSPS) is 30.1. The van der Waals surface area contributed by atoms with Gasteiger partial charge in [-0.2, -0.15) is 0 Å². The van der Waals surface area contributed by atoms with Crippen LogP contribution in [-0.4, -0.2) is 31.9 Å². The van der Waals surface area contributed by atoms with Crippen molar-refractivity contribution < 1.29 is 23.9 Å². The standard InChI is InChI=1S/C14H20O5/c1-18-12(16)11(13(17)19-2)14-5-3-4-9(7-14)6-10(15)8-14/h9,11H,3-8H2,1-2H3. The molecule has 0 saturated heterocycles. The highest BCUT2D eigenvalue weighted by molar-refractivity contribution is 5.97. The van der Waals surface area contributed by atoms with Crippen molar-refractivity contribution in [3.05, 3.63) is 0 Å². The molecule has 0 spiro atoms. The average molecular weight is 268 g/mol. The van der Waals surface area contributed by atoms with Gasteiger partial charge in [-0.15, -0.1) is 0 Å². The average Bonchev–Trinajstić information content (AvgIpc) is 2.37. The van der Waals surface area contributed by atoms with Crippen LogP contribution in [0.1, 0.15) is 38.5 Å². The third kappa shape index (κ3) is 2.51. The number of hydrogen-bond donors (Lipinski definition) is 0. The Labute approximate surface area is 112 Å². The number of esters is 2. The molecule has 19 heavy (non-hydrogen) atoms. The maximum Gasteiger partial charge on any atom is 0.320 e. The van der Waals surface area contributed by atoms with E-state index in [0.29, 0.717) is 25.2 Å². The van der Waals surface area contributed by atoms with Gasteiger partial charge < -0.3 is 9.47 Å². The van der Waals surface area contributed by atoms with Crippen LogP contribution in [0, 0.1) is 17.3 Å². The molecule has 5 nitrogen and oxygen atoms in total. The molecule has 0 amide bonds. The second kappa shape index (κ2) is 5.31. The number of ketones is 1. The summed E-state index contributed by atoms with van der Waals surface area (Å²) in [7, 11) is 2.53. The molecule has 2 aliphatic carbocycles. The SMILES string of the molecule is COC(=O)C(C(=O)OC)C12CCCC(CC(=O)C1)C2. The second-order valence-electron chi connectivity index (χ2n) is 5.72. The molecule has 0 heterocycles. The van der Waals surface area contributed by atoms with Crippen molar-refractivity contribution >= 4 is 17.7 Å². The van der Waals surface area contributed by atoms with E-state index in [0.717, 1.165) is 19.3 Å². The van der Waals surface area contributed by atoms with Gasteiger partial charge in [-0.3, -0.25) is 14.4 Å². The van der Waals surface area contributed by atoms with Crippen LogP contribution < -0.4 is 0 Å². The van der Waals surface area contributed by atoms with Gasteiger partial charge in [-0.25, -0.2) is 0 Å². The van der Waals surface area contributed by atoms with Crippen LogP contribution in [0.5, 0.6) is 0 Å². The van der Waals surface area contributed by atoms with Gasteiger partial charge in [0.25, 0.3) is 0 Å². The molecule has 0 aromatic rings. The molecule has 2 bridgehead atoms. The second-order valence-corrected chi connectivity index (χ2v) is 5.72. The molecule has 0 aromatic carbocycles. The van der Waals surface area contributed by atoms with Gasteiger partial charge in [0.05, 0.1) is 14.2 Å². The van der Waals surface area contributed by atoms with E-state index in [2.05, 4.69) is 0 Å². The van der Waals surface area contributed by atoms with Crippen molar-refractivity contribution in [1.82, 2.24) is 0 Å². The van der Waals surface area contributed by atoms with Crippen molar-refractivity contribution in [2.24, 2.45) is 17.3 Å². The van der Waals surface area contributed by atoms with Crippen molar-refractivity contribution in [2.75, 3.05) is 14.2 Å². The summed E-state index contributed by atoms with van der Waals surface area (Å²) in [4.78, 5) is 35.9. The van der Waals surface area contributed by atoms with Crippen molar-refractivity contribution in [2.45, 2.75) is 38.5 Å². The Kier molecular flexibility index (Phi) is 3.92. The zero-order valence-electron chi connectivity index (χ0n) is 11.4. The minimum atomic E-state index is -0.963. The van der Waals surface area contributed by atoms with Gasteiger partial charge in [-0.1, -0.05) is 6.42 Å². The Morgan fingerprint density at radius 1 is 1.26 bits per heavy atom. The number of rotatable bonds is 3. The predicted octanol–water partition coefficient (Wildman–Crippen LogP) is 1.49. The van der Waals surface area contributed by atoms with E-state index in [4.69, 9.17) is 9.47 Å². The highest BCUT2D eigenvalue weighted by Gasteiger charge is 2.54. The van der Waals surface area contributed by atoms with Crippen LogP contribution in [0.25, 0.3) is 0 Å². The molecule has 106 valence electrons. The molecule has 2 rings (SSSR count). The van der Waals surface area contributed by atoms with Gasteiger partial charge in [0, 0.05) is 18.3 Å². The first-order chi connectivity index (χ1) is 9.02. The van der Waals surface area contributed by atoms with Crippen LogP contribution in [0.15, 0.2) is 0 Å². The molecular formula is C14H20O5. The third-order valence-corrected chi connectivity index (χ3v) is 4.53. The summed E-state index contributed by atoms with van der Waals surface area (Å²) in [5.74, 6) is -1.68. The number of hydrogen-bond acceptors (Lipinski definition) is 5. The van der Waals surface area contributed by atoms with Crippen molar-refractivity contribution in [3.63, 3.8) is 0 Å². The lowest BCUT2D eigenvalue weighted by molar-refractivity contribution is -0.170. The van der Waals surface area contributed by atoms with E-state index < -0.39 is 23.3 Å². The molecule has 5 heteroatoms. The zero-order valence-corrected chi connectivity index (χ0v) is 11.4. The Morgan fingerprint density at radius 2 is 1.89 bits per heavy atom. The van der Waals surface area contributed by atoms with Crippen molar-refractivity contribution in [1.29, 1.82) is 0 Å². The monoisotopic (exact) mass is 268 g/mol. The Hall–Kier alpha value is -1.39. The van der Waals surface area contributed by atoms with Crippen LogP contribution in [-0.2, 0) is 23.9 Å². The van der Waals surface area contributed by atoms with E-state index >= 15 is 0 Å². The molecule has 2 atom stereocenters. The fraction of sp³-hybridized carbons (Fsp3) is 0.786. The summed E-state index contributed by atoms with van der Waals surface area (Å²) in [6, 6.07) is 0. The van der Waals surface area contributed by atoms with Crippen molar-refractivity contribution in [3.8, 4) is 0 Å². The number of carbonyl (C=O) groups excluding carboxylic acids is 3. The summed E-state index contributed by atoms with van der Waals surface area (Å²) >= 11 is 0. The predicted molar refractivity (Wildman–Crippen MR) is 66.2 cm³/mol. The molecule has 2 saturated carbocycles. The van der Waals surface area contributed by atoms with Gasteiger partial charge in [0.15, 0.2) is 5.92 Å². The summed E-state index contributed by atoms with van der Waals surface area (Å²) in [5, 5.41) is 0. The molecule has 2 aliphatic rings. The van der Waals surface area contributed by atoms with Crippen LogP contribution in [0.2, 0.25) is 0 Å². The lowest BCUT2D eigenvalue weighted by Crippen LogP contribution is -2.49. The van der Waals surface area contributed by atoms with Crippen LogP contribution in [0.3, 0.4) is 0 Å². The van der Waals surface area contributed by atoms with Gasteiger partial charge in [-0.05, 0) is 25.2 Å².